The van der Waals surface area contributed by atoms with E-state index in [2.05, 4.69) is 19.2 Å². The second kappa shape index (κ2) is 11.9. The van der Waals surface area contributed by atoms with E-state index in [-0.39, 0.29) is 6.54 Å². The molecule has 0 rings (SSSR count). The molecule has 0 aromatic heterocycles. The van der Waals surface area contributed by atoms with Gasteiger partial charge in [-0.3, -0.25) is 4.79 Å². The van der Waals surface area contributed by atoms with Crippen LogP contribution in [0.1, 0.15) is 46.0 Å². The first-order valence-corrected chi connectivity index (χ1v) is 6.70. The summed E-state index contributed by atoms with van der Waals surface area (Å²) in [6.45, 7) is 6.72. The van der Waals surface area contributed by atoms with Crippen molar-refractivity contribution in [2.45, 2.75) is 46.0 Å². The summed E-state index contributed by atoms with van der Waals surface area (Å²) in [5.41, 5.74) is 0. The topological polar surface area (TPSA) is 58.6 Å². The molecule has 0 aliphatic heterocycles. The zero-order valence-electron chi connectivity index (χ0n) is 11.2. The van der Waals surface area contributed by atoms with Crippen molar-refractivity contribution in [1.29, 1.82) is 0 Å². The van der Waals surface area contributed by atoms with Crippen molar-refractivity contribution in [2.75, 3.05) is 26.3 Å². The summed E-state index contributed by atoms with van der Waals surface area (Å²) in [6.07, 6.45) is 5.83. The number of carboxylic acids is 1. The number of aliphatic carboxylic acids is 1. The van der Waals surface area contributed by atoms with Crippen LogP contribution < -0.4 is 5.32 Å². The summed E-state index contributed by atoms with van der Waals surface area (Å²) in [7, 11) is 0. The molecule has 4 heteroatoms. The van der Waals surface area contributed by atoms with Crippen molar-refractivity contribution in [1.82, 2.24) is 5.32 Å². The number of rotatable bonds is 12. The van der Waals surface area contributed by atoms with Crippen LogP contribution in [0.3, 0.4) is 0 Å². The molecular formula is C13H27NO3. The highest BCUT2D eigenvalue weighted by atomic mass is 16.5. The molecule has 0 aromatic carbocycles. The first-order valence-electron chi connectivity index (χ1n) is 6.70. The maximum Gasteiger partial charge on any atom is 0.317 e. The summed E-state index contributed by atoms with van der Waals surface area (Å²) >= 11 is 0. The van der Waals surface area contributed by atoms with Gasteiger partial charge in [-0.25, -0.2) is 0 Å². The number of nitrogens with one attached hydrogen (secondary N) is 1. The standard InChI is InChI=1S/C13H27NO3/c1-3-5-7-12(4-2)11-17-9-6-8-14-10-13(15)16/h12,14H,3-11H2,1-2H3,(H,15,16)/t12-/m0/s1. The predicted molar refractivity (Wildman–Crippen MR) is 69.2 cm³/mol. The van der Waals surface area contributed by atoms with Gasteiger partial charge in [-0.05, 0) is 25.3 Å². The van der Waals surface area contributed by atoms with Gasteiger partial charge < -0.3 is 15.2 Å². The summed E-state index contributed by atoms with van der Waals surface area (Å²) in [6, 6.07) is 0. The van der Waals surface area contributed by atoms with E-state index in [4.69, 9.17) is 9.84 Å². The Labute approximate surface area is 105 Å². The van der Waals surface area contributed by atoms with Crippen molar-refractivity contribution in [2.24, 2.45) is 5.92 Å². The molecule has 0 radical (unpaired) electrons. The largest absolute Gasteiger partial charge is 0.480 e. The van der Waals surface area contributed by atoms with Crippen LogP contribution in [0, 0.1) is 5.92 Å². The lowest BCUT2D eigenvalue weighted by molar-refractivity contribution is -0.135. The van der Waals surface area contributed by atoms with Crippen LogP contribution in [0.5, 0.6) is 0 Å². The lowest BCUT2D eigenvalue weighted by Gasteiger charge is -2.14. The molecular weight excluding hydrogens is 218 g/mol. The monoisotopic (exact) mass is 245 g/mol. The average Bonchev–Trinajstić information content (AvgIpc) is 2.31. The van der Waals surface area contributed by atoms with E-state index < -0.39 is 5.97 Å². The fraction of sp³-hybridized carbons (Fsp3) is 0.923. The zero-order chi connectivity index (χ0) is 12.9. The minimum Gasteiger partial charge on any atom is -0.480 e. The molecule has 2 N–H and O–H groups in total. The van der Waals surface area contributed by atoms with Gasteiger partial charge in [0.25, 0.3) is 0 Å². The third-order valence-electron chi connectivity index (χ3n) is 2.82. The first-order chi connectivity index (χ1) is 8.20. The van der Waals surface area contributed by atoms with Gasteiger partial charge in [-0.1, -0.05) is 33.1 Å². The third kappa shape index (κ3) is 11.6. The predicted octanol–water partition coefficient (Wildman–Crippen LogP) is 2.28. The summed E-state index contributed by atoms with van der Waals surface area (Å²) in [5, 5.41) is 11.3. The average molecular weight is 245 g/mol. The smallest absolute Gasteiger partial charge is 0.317 e. The summed E-state index contributed by atoms with van der Waals surface area (Å²) in [4.78, 5) is 10.2. The Morgan fingerprint density at radius 2 is 2.12 bits per heavy atom. The zero-order valence-corrected chi connectivity index (χ0v) is 11.2. The molecule has 0 bridgehead atoms. The lowest BCUT2D eigenvalue weighted by Crippen LogP contribution is -2.24. The maximum atomic E-state index is 10.2. The molecule has 102 valence electrons. The minimum absolute atomic E-state index is 0.0358. The second-order valence-corrected chi connectivity index (χ2v) is 4.42. The van der Waals surface area contributed by atoms with Gasteiger partial charge in [0.15, 0.2) is 0 Å². The highest BCUT2D eigenvalue weighted by molar-refractivity contribution is 5.68. The molecule has 1 atom stereocenters. The van der Waals surface area contributed by atoms with Gasteiger partial charge >= 0.3 is 5.97 Å². The van der Waals surface area contributed by atoms with Gasteiger partial charge in [0.2, 0.25) is 0 Å². The molecule has 0 aliphatic carbocycles. The molecule has 0 heterocycles. The van der Waals surface area contributed by atoms with Gasteiger partial charge in [0, 0.05) is 13.2 Å². The lowest BCUT2D eigenvalue weighted by atomic mass is 10.0. The van der Waals surface area contributed by atoms with Crippen LogP contribution in [-0.2, 0) is 9.53 Å². The number of ether oxygens (including phenoxy) is 1. The molecule has 0 amide bonds. The minimum atomic E-state index is -0.809. The Morgan fingerprint density at radius 1 is 1.35 bits per heavy atom. The maximum absolute atomic E-state index is 10.2. The van der Waals surface area contributed by atoms with Crippen molar-refractivity contribution < 1.29 is 14.6 Å². The fourth-order valence-electron chi connectivity index (χ4n) is 1.64. The van der Waals surface area contributed by atoms with Gasteiger partial charge in [0.05, 0.1) is 6.54 Å². The number of carbonyl (C=O) groups is 1. The Morgan fingerprint density at radius 3 is 2.71 bits per heavy atom. The molecule has 4 nitrogen and oxygen atoms in total. The van der Waals surface area contributed by atoms with E-state index >= 15 is 0 Å². The molecule has 0 aliphatic rings. The molecule has 0 spiro atoms. The number of carboxylic acid groups (broad SMARTS) is 1. The molecule has 0 unspecified atom stereocenters. The van der Waals surface area contributed by atoms with E-state index in [0.29, 0.717) is 12.5 Å². The third-order valence-corrected chi connectivity index (χ3v) is 2.82. The molecule has 0 saturated heterocycles. The Balaban J connectivity index is 3.27. The van der Waals surface area contributed by atoms with Crippen LogP contribution in [0.25, 0.3) is 0 Å². The highest BCUT2D eigenvalue weighted by Gasteiger charge is 2.05. The van der Waals surface area contributed by atoms with Gasteiger partial charge in [0.1, 0.15) is 0 Å². The summed E-state index contributed by atoms with van der Waals surface area (Å²) in [5.74, 6) is -0.126. The Hall–Kier alpha value is -0.610. The van der Waals surface area contributed by atoms with E-state index in [1.54, 1.807) is 0 Å². The number of hydrogen-bond donors (Lipinski definition) is 2. The Kier molecular flexibility index (Phi) is 11.4. The van der Waals surface area contributed by atoms with Crippen molar-refractivity contribution in [3.8, 4) is 0 Å². The summed E-state index contributed by atoms with van der Waals surface area (Å²) < 4.78 is 5.60. The van der Waals surface area contributed by atoms with Crippen LogP contribution >= 0.6 is 0 Å². The SMILES string of the molecule is CCCC[C@H](CC)COCCCNCC(=O)O. The van der Waals surface area contributed by atoms with E-state index in [0.717, 1.165) is 19.6 Å². The molecule has 17 heavy (non-hydrogen) atoms. The van der Waals surface area contributed by atoms with Gasteiger partial charge in [-0.15, -0.1) is 0 Å². The number of hydrogen-bond acceptors (Lipinski definition) is 3. The molecule has 0 saturated carbocycles. The number of unbranched alkanes of at least 4 members (excludes halogenated alkanes) is 1. The quantitative estimate of drug-likeness (QED) is 0.518. The molecule has 0 fully saturated rings. The van der Waals surface area contributed by atoms with E-state index in [9.17, 15) is 4.79 Å². The fourth-order valence-corrected chi connectivity index (χ4v) is 1.64. The van der Waals surface area contributed by atoms with Crippen LogP contribution in [0.4, 0.5) is 0 Å². The van der Waals surface area contributed by atoms with Crippen molar-refractivity contribution >= 4 is 5.97 Å². The molecule has 0 aromatic rings. The second-order valence-electron chi connectivity index (χ2n) is 4.42. The first kappa shape index (κ1) is 16.4. The van der Waals surface area contributed by atoms with Crippen LogP contribution in [0.15, 0.2) is 0 Å². The highest BCUT2D eigenvalue weighted by Crippen LogP contribution is 2.12. The van der Waals surface area contributed by atoms with Crippen LogP contribution in [0.2, 0.25) is 0 Å². The van der Waals surface area contributed by atoms with Crippen molar-refractivity contribution in [3.63, 3.8) is 0 Å². The van der Waals surface area contributed by atoms with Gasteiger partial charge in [-0.2, -0.15) is 0 Å². The van der Waals surface area contributed by atoms with Crippen molar-refractivity contribution in [3.05, 3.63) is 0 Å². The van der Waals surface area contributed by atoms with Crippen LogP contribution in [-0.4, -0.2) is 37.4 Å². The normalized spacial score (nSPS) is 12.6. The van der Waals surface area contributed by atoms with E-state index in [1.807, 2.05) is 0 Å². The van der Waals surface area contributed by atoms with E-state index in [1.165, 1.54) is 25.7 Å². The Bertz CT molecular complexity index is 186.